The second-order valence-electron chi connectivity index (χ2n) is 4.62. The molecule has 1 aliphatic heterocycles. The number of amides is 1. The fraction of sp³-hybridized carbons (Fsp3) is 0.133. The van der Waals surface area contributed by atoms with Crippen molar-refractivity contribution in [3.63, 3.8) is 0 Å². The van der Waals surface area contributed by atoms with E-state index >= 15 is 0 Å². The van der Waals surface area contributed by atoms with Crippen molar-refractivity contribution in [3.8, 4) is 0 Å². The van der Waals surface area contributed by atoms with Gasteiger partial charge in [0.25, 0.3) is 5.91 Å². The third-order valence-corrected chi connectivity index (χ3v) is 3.59. The minimum Gasteiger partial charge on any atom is -0.305 e. The highest BCUT2D eigenvalue weighted by Gasteiger charge is 2.38. The summed E-state index contributed by atoms with van der Waals surface area (Å²) in [6.07, 6.45) is 0. The Morgan fingerprint density at radius 3 is 2.70 bits per heavy atom. The van der Waals surface area contributed by atoms with Crippen LogP contribution >= 0.6 is 11.6 Å². The summed E-state index contributed by atoms with van der Waals surface area (Å²) in [6, 6.07) is 13.6. The summed E-state index contributed by atoms with van der Waals surface area (Å²) in [6.45, 7) is 0.377. The van der Waals surface area contributed by atoms with Crippen molar-refractivity contribution < 1.29 is 4.79 Å². The van der Waals surface area contributed by atoms with Gasteiger partial charge < -0.3 is 4.90 Å². The average molecular weight is 287 g/mol. The van der Waals surface area contributed by atoms with Crippen molar-refractivity contribution in [1.82, 2.24) is 0 Å². The fourth-order valence-electron chi connectivity index (χ4n) is 2.45. The Labute approximate surface area is 120 Å². The largest absolute Gasteiger partial charge is 0.305 e. The standard InChI is InChI=1S/C15H11ClN2O2/c16-11-5-3-4-10(8-11)9-18-13-7-2-1-6-12(13)14(17-20)15(18)19/h1-8,14H,9H2. The molecule has 5 heteroatoms. The number of hydrogen-bond donors (Lipinski definition) is 0. The van der Waals surface area contributed by atoms with Gasteiger partial charge in [0.05, 0.1) is 12.2 Å². The van der Waals surface area contributed by atoms with Crippen molar-refractivity contribution in [1.29, 1.82) is 0 Å². The summed E-state index contributed by atoms with van der Waals surface area (Å²) in [7, 11) is 0. The van der Waals surface area contributed by atoms with Gasteiger partial charge in [-0.15, -0.1) is 4.91 Å². The maximum Gasteiger partial charge on any atom is 0.260 e. The molecule has 0 radical (unpaired) electrons. The van der Waals surface area contributed by atoms with Crippen LogP contribution in [-0.4, -0.2) is 5.91 Å². The molecule has 0 saturated heterocycles. The zero-order valence-corrected chi connectivity index (χ0v) is 11.2. The lowest BCUT2D eigenvalue weighted by atomic mass is 10.1. The van der Waals surface area contributed by atoms with Crippen LogP contribution in [0.3, 0.4) is 0 Å². The molecule has 1 aliphatic rings. The van der Waals surface area contributed by atoms with E-state index in [1.807, 2.05) is 24.3 Å². The van der Waals surface area contributed by atoms with Gasteiger partial charge in [0.1, 0.15) is 0 Å². The summed E-state index contributed by atoms with van der Waals surface area (Å²) in [5, 5.41) is 3.57. The third kappa shape index (κ3) is 2.08. The van der Waals surface area contributed by atoms with Crippen LogP contribution in [0.1, 0.15) is 17.2 Å². The lowest BCUT2D eigenvalue weighted by molar-refractivity contribution is -0.119. The van der Waals surface area contributed by atoms with Crippen LogP contribution in [-0.2, 0) is 11.3 Å². The smallest absolute Gasteiger partial charge is 0.260 e. The molecule has 100 valence electrons. The molecule has 0 aromatic heterocycles. The first-order chi connectivity index (χ1) is 9.70. The van der Waals surface area contributed by atoms with Crippen molar-refractivity contribution in [2.24, 2.45) is 5.18 Å². The van der Waals surface area contributed by atoms with E-state index in [4.69, 9.17) is 11.6 Å². The van der Waals surface area contributed by atoms with Crippen molar-refractivity contribution in [3.05, 3.63) is 69.6 Å². The van der Waals surface area contributed by atoms with Gasteiger partial charge in [0.2, 0.25) is 0 Å². The van der Waals surface area contributed by atoms with Gasteiger partial charge in [-0.25, -0.2) is 0 Å². The summed E-state index contributed by atoms with van der Waals surface area (Å²) < 4.78 is 0. The van der Waals surface area contributed by atoms with Crippen molar-refractivity contribution in [2.45, 2.75) is 12.6 Å². The van der Waals surface area contributed by atoms with Crippen LogP contribution in [0.2, 0.25) is 5.02 Å². The summed E-state index contributed by atoms with van der Waals surface area (Å²) >= 11 is 5.95. The first kappa shape index (κ1) is 12.8. The quantitative estimate of drug-likeness (QED) is 0.808. The maximum absolute atomic E-state index is 12.3. The van der Waals surface area contributed by atoms with Gasteiger partial charge in [-0.1, -0.05) is 47.1 Å². The number of fused-ring (bicyclic) bond motifs is 1. The van der Waals surface area contributed by atoms with E-state index in [2.05, 4.69) is 5.18 Å². The molecule has 0 fully saturated rings. The molecule has 1 atom stereocenters. The van der Waals surface area contributed by atoms with Gasteiger partial charge >= 0.3 is 0 Å². The van der Waals surface area contributed by atoms with Gasteiger partial charge in [-0.3, -0.25) is 4.79 Å². The zero-order chi connectivity index (χ0) is 14.1. The number of carbonyl (C=O) groups excluding carboxylic acids is 1. The predicted octanol–water partition coefficient (Wildman–Crippen LogP) is 3.69. The molecule has 2 aromatic carbocycles. The average Bonchev–Trinajstić information content (AvgIpc) is 2.72. The third-order valence-electron chi connectivity index (χ3n) is 3.36. The normalized spacial score (nSPS) is 17.1. The topological polar surface area (TPSA) is 49.7 Å². The van der Waals surface area contributed by atoms with Crippen molar-refractivity contribution in [2.75, 3.05) is 4.90 Å². The van der Waals surface area contributed by atoms with Crippen LogP contribution in [0.5, 0.6) is 0 Å². The predicted molar refractivity (Wildman–Crippen MR) is 77.6 cm³/mol. The number of benzene rings is 2. The van der Waals surface area contributed by atoms with Crippen molar-refractivity contribution >= 4 is 23.2 Å². The number of nitroso groups, excluding NO2 is 1. The lowest BCUT2D eigenvalue weighted by Gasteiger charge is -2.17. The number of para-hydroxylation sites is 1. The number of carbonyl (C=O) groups is 1. The molecule has 1 heterocycles. The molecule has 0 bridgehead atoms. The molecular formula is C15H11ClN2O2. The van der Waals surface area contributed by atoms with Crippen LogP contribution in [0.4, 0.5) is 5.69 Å². The zero-order valence-electron chi connectivity index (χ0n) is 10.5. The number of hydrogen-bond acceptors (Lipinski definition) is 3. The summed E-state index contributed by atoms with van der Waals surface area (Å²) in [4.78, 5) is 24.8. The van der Waals surface area contributed by atoms with E-state index in [0.29, 0.717) is 17.1 Å². The van der Waals surface area contributed by atoms with Crippen LogP contribution in [0, 0.1) is 4.91 Å². The molecule has 3 rings (SSSR count). The monoisotopic (exact) mass is 286 g/mol. The molecule has 0 saturated carbocycles. The Kier molecular flexibility index (Phi) is 3.24. The number of nitrogens with zero attached hydrogens (tertiary/aromatic N) is 2. The highest BCUT2D eigenvalue weighted by molar-refractivity contribution is 6.30. The Morgan fingerprint density at radius 1 is 1.15 bits per heavy atom. The molecule has 0 aliphatic carbocycles. The first-order valence-corrected chi connectivity index (χ1v) is 6.55. The molecule has 0 N–H and O–H groups in total. The maximum atomic E-state index is 12.3. The van der Waals surface area contributed by atoms with Gasteiger partial charge in [0, 0.05) is 10.6 Å². The molecule has 4 nitrogen and oxygen atoms in total. The Balaban J connectivity index is 1.98. The SMILES string of the molecule is O=NC1C(=O)N(Cc2cccc(Cl)c2)c2ccccc21. The Bertz CT molecular complexity index is 687. The van der Waals surface area contributed by atoms with Gasteiger partial charge in [-0.05, 0) is 23.8 Å². The Morgan fingerprint density at radius 2 is 1.95 bits per heavy atom. The first-order valence-electron chi connectivity index (χ1n) is 6.18. The van der Waals surface area contributed by atoms with Crippen LogP contribution < -0.4 is 4.90 Å². The van der Waals surface area contributed by atoms with Crippen LogP contribution in [0.25, 0.3) is 0 Å². The molecule has 2 aromatic rings. The minimum atomic E-state index is -0.939. The van der Waals surface area contributed by atoms with E-state index in [1.54, 1.807) is 29.2 Å². The molecule has 0 spiro atoms. The second-order valence-corrected chi connectivity index (χ2v) is 5.06. The number of anilines is 1. The highest BCUT2D eigenvalue weighted by atomic mass is 35.5. The van der Waals surface area contributed by atoms with E-state index in [1.165, 1.54) is 0 Å². The highest BCUT2D eigenvalue weighted by Crippen LogP contribution is 2.38. The fourth-order valence-corrected chi connectivity index (χ4v) is 2.66. The van der Waals surface area contributed by atoms with Gasteiger partial charge in [-0.2, -0.15) is 0 Å². The van der Waals surface area contributed by atoms with E-state index in [-0.39, 0.29) is 5.91 Å². The molecular weight excluding hydrogens is 276 g/mol. The van der Waals surface area contributed by atoms with E-state index < -0.39 is 6.04 Å². The number of halogens is 1. The van der Waals surface area contributed by atoms with E-state index in [9.17, 15) is 9.70 Å². The summed E-state index contributed by atoms with van der Waals surface area (Å²) in [5.41, 5.74) is 2.31. The van der Waals surface area contributed by atoms with Gasteiger partial charge in [0.15, 0.2) is 6.04 Å². The minimum absolute atomic E-state index is 0.291. The van der Waals surface area contributed by atoms with E-state index in [0.717, 1.165) is 11.3 Å². The number of rotatable bonds is 3. The molecule has 1 amide bonds. The second kappa shape index (κ2) is 5.06. The Hall–Kier alpha value is -2.20. The lowest BCUT2D eigenvalue weighted by Crippen LogP contribution is -2.27. The van der Waals surface area contributed by atoms with Crippen LogP contribution in [0.15, 0.2) is 53.7 Å². The summed E-state index contributed by atoms with van der Waals surface area (Å²) in [5.74, 6) is -0.291. The molecule has 20 heavy (non-hydrogen) atoms. The molecule has 1 unspecified atom stereocenters.